The molecule has 1 aromatic carbocycles. The van der Waals surface area contributed by atoms with Gasteiger partial charge in [0.25, 0.3) is 0 Å². The molecule has 1 heterocycles. The van der Waals surface area contributed by atoms with Crippen LogP contribution in [0.2, 0.25) is 0 Å². The Morgan fingerprint density at radius 3 is 2.76 bits per heavy atom. The summed E-state index contributed by atoms with van der Waals surface area (Å²) in [5.41, 5.74) is 1.07. The fraction of sp³-hybridized carbons (Fsp3) is 0.588. The molecule has 4 nitrogen and oxygen atoms in total. The van der Waals surface area contributed by atoms with Crippen LogP contribution in [0.25, 0.3) is 0 Å². The van der Waals surface area contributed by atoms with Gasteiger partial charge < -0.3 is 14.8 Å². The number of ether oxygens (including phenoxy) is 2. The molecule has 1 N–H and O–H groups in total. The second-order valence-electron chi connectivity index (χ2n) is 6.09. The smallest absolute Gasteiger partial charge is 0.331 e. The molecule has 116 valence electrons. The highest BCUT2D eigenvalue weighted by atomic mass is 16.5. The molecule has 0 radical (unpaired) electrons. The highest BCUT2D eigenvalue weighted by Gasteiger charge is 2.48. The van der Waals surface area contributed by atoms with E-state index in [9.17, 15) is 4.79 Å². The average Bonchev–Trinajstić information content (AvgIpc) is 2.49. The lowest BCUT2D eigenvalue weighted by Gasteiger charge is -2.45. The quantitative estimate of drug-likeness (QED) is 0.865. The van der Waals surface area contributed by atoms with Gasteiger partial charge in [0.2, 0.25) is 0 Å². The zero-order chi connectivity index (χ0) is 15.5. The highest BCUT2D eigenvalue weighted by molar-refractivity contribution is 5.85. The maximum atomic E-state index is 12.5. The molecule has 2 atom stereocenters. The molecular weight excluding hydrogens is 266 g/mol. The van der Waals surface area contributed by atoms with Crippen molar-refractivity contribution in [1.82, 2.24) is 0 Å². The fourth-order valence-electron chi connectivity index (χ4n) is 2.97. The first-order valence-corrected chi connectivity index (χ1v) is 7.51. The van der Waals surface area contributed by atoms with Crippen molar-refractivity contribution in [1.29, 1.82) is 0 Å². The predicted molar refractivity (Wildman–Crippen MR) is 83.4 cm³/mol. The Hall–Kier alpha value is -1.55. The number of anilines is 1. The van der Waals surface area contributed by atoms with E-state index >= 15 is 0 Å². The Labute approximate surface area is 126 Å². The second kappa shape index (κ2) is 6.06. The number of rotatable bonds is 4. The Kier molecular flexibility index (Phi) is 4.57. The lowest BCUT2D eigenvalue weighted by molar-refractivity contribution is -0.158. The van der Waals surface area contributed by atoms with Crippen molar-refractivity contribution < 1.29 is 14.3 Å². The minimum absolute atomic E-state index is 0.214. The summed E-state index contributed by atoms with van der Waals surface area (Å²) in [6.45, 7) is 6.73. The number of aryl methyl sites for hydroxylation is 1. The maximum Gasteiger partial charge on any atom is 0.331 e. The number of hydrogen-bond acceptors (Lipinski definition) is 4. The summed E-state index contributed by atoms with van der Waals surface area (Å²) in [5, 5.41) is 3.45. The summed E-state index contributed by atoms with van der Waals surface area (Å²) in [7, 11) is 1.45. The molecule has 0 spiro atoms. The van der Waals surface area contributed by atoms with E-state index in [-0.39, 0.29) is 11.6 Å². The SMILES string of the molecule is CCC1(C)CC(Nc2ccccc2C)(C(=O)OC)CCO1. The van der Waals surface area contributed by atoms with E-state index in [1.807, 2.05) is 31.2 Å². The minimum atomic E-state index is -0.718. The van der Waals surface area contributed by atoms with Crippen LogP contribution in [-0.4, -0.2) is 30.8 Å². The van der Waals surface area contributed by atoms with Gasteiger partial charge in [-0.2, -0.15) is 0 Å². The van der Waals surface area contributed by atoms with E-state index in [4.69, 9.17) is 9.47 Å². The number of carbonyl (C=O) groups is 1. The normalized spacial score (nSPS) is 29.0. The van der Waals surface area contributed by atoms with Crippen molar-refractivity contribution in [2.45, 2.75) is 51.2 Å². The van der Waals surface area contributed by atoms with Gasteiger partial charge in [0.05, 0.1) is 19.3 Å². The summed E-state index contributed by atoms with van der Waals surface area (Å²) in [6.07, 6.45) is 2.09. The van der Waals surface area contributed by atoms with Gasteiger partial charge in [-0.1, -0.05) is 25.1 Å². The van der Waals surface area contributed by atoms with Gasteiger partial charge in [-0.15, -0.1) is 0 Å². The van der Waals surface area contributed by atoms with Crippen molar-refractivity contribution in [3.8, 4) is 0 Å². The molecule has 0 aliphatic carbocycles. The Balaban J connectivity index is 2.34. The minimum Gasteiger partial charge on any atom is -0.467 e. The lowest BCUT2D eigenvalue weighted by atomic mass is 9.78. The van der Waals surface area contributed by atoms with Crippen molar-refractivity contribution in [2.24, 2.45) is 0 Å². The fourth-order valence-corrected chi connectivity index (χ4v) is 2.97. The van der Waals surface area contributed by atoms with Gasteiger partial charge >= 0.3 is 5.97 Å². The standard InChI is InChI=1S/C17H25NO3/c1-5-16(3)12-17(10-11-21-16,15(19)20-4)18-14-9-7-6-8-13(14)2/h6-9,18H,5,10-12H2,1-4H3. The third-order valence-electron chi connectivity index (χ3n) is 4.50. The van der Waals surface area contributed by atoms with Crippen LogP contribution in [0.5, 0.6) is 0 Å². The van der Waals surface area contributed by atoms with Crippen LogP contribution >= 0.6 is 0 Å². The third kappa shape index (κ3) is 3.21. The largest absolute Gasteiger partial charge is 0.467 e. The molecule has 2 rings (SSSR count). The number of hydrogen-bond donors (Lipinski definition) is 1. The van der Waals surface area contributed by atoms with Crippen LogP contribution in [0.3, 0.4) is 0 Å². The van der Waals surface area contributed by atoms with E-state index in [0.29, 0.717) is 19.4 Å². The zero-order valence-corrected chi connectivity index (χ0v) is 13.4. The number of nitrogens with one attached hydrogen (secondary N) is 1. The Morgan fingerprint density at radius 2 is 2.14 bits per heavy atom. The zero-order valence-electron chi connectivity index (χ0n) is 13.4. The van der Waals surface area contributed by atoms with E-state index in [0.717, 1.165) is 17.7 Å². The first-order valence-electron chi connectivity index (χ1n) is 7.51. The molecule has 0 bridgehead atoms. The number of esters is 1. The summed E-state index contributed by atoms with van der Waals surface area (Å²) in [6, 6.07) is 7.99. The second-order valence-corrected chi connectivity index (χ2v) is 6.09. The maximum absolute atomic E-state index is 12.5. The summed E-state index contributed by atoms with van der Waals surface area (Å²) >= 11 is 0. The molecule has 1 aromatic rings. The predicted octanol–water partition coefficient (Wildman–Crippen LogP) is 3.30. The van der Waals surface area contributed by atoms with Gasteiger partial charge in [0.1, 0.15) is 5.54 Å². The van der Waals surface area contributed by atoms with Crippen LogP contribution < -0.4 is 5.32 Å². The van der Waals surface area contributed by atoms with Crippen molar-refractivity contribution >= 4 is 11.7 Å². The van der Waals surface area contributed by atoms with Crippen molar-refractivity contribution in [2.75, 3.05) is 19.0 Å². The Morgan fingerprint density at radius 1 is 1.43 bits per heavy atom. The first kappa shape index (κ1) is 15.8. The van der Waals surface area contributed by atoms with Crippen LogP contribution in [0.4, 0.5) is 5.69 Å². The molecule has 1 aliphatic rings. The number of methoxy groups -OCH3 is 1. The molecule has 2 unspecified atom stereocenters. The van der Waals surface area contributed by atoms with Gasteiger partial charge in [-0.3, -0.25) is 0 Å². The molecule has 0 amide bonds. The van der Waals surface area contributed by atoms with E-state index < -0.39 is 5.54 Å². The average molecular weight is 291 g/mol. The molecule has 1 fully saturated rings. The van der Waals surface area contributed by atoms with Crippen LogP contribution in [0.15, 0.2) is 24.3 Å². The Bertz CT molecular complexity index is 517. The molecule has 21 heavy (non-hydrogen) atoms. The van der Waals surface area contributed by atoms with Gasteiger partial charge in [-0.05, 0) is 31.9 Å². The van der Waals surface area contributed by atoms with Crippen molar-refractivity contribution in [3.05, 3.63) is 29.8 Å². The summed E-state index contributed by atoms with van der Waals surface area (Å²) in [4.78, 5) is 12.5. The van der Waals surface area contributed by atoms with Crippen LogP contribution in [0, 0.1) is 6.92 Å². The van der Waals surface area contributed by atoms with E-state index in [1.54, 1.807) is 0 Å². The third-order valence-corrected chi connectivity index (χ3v) is 4.50. The molecule has 1 aliphatic heterocycles. The van der Waals surface area contributed by atoms with Crippen molar-refractivity contribution in [3.63, 3.8) is 0 Å². The summed E-state index contributed by atoms with van der Waals surface area (Å²) in [5.74, 6) is -0.214. The van der Waals surface area contributed by atoms with Crippen LogP contribution in [-0.2, 0) is 14.3 Å². The van der Waals surface area contributed by atoms with E-state index in [1.165, 1.54) is 7.11 Å². The highest BCUT2D eigenvalue weighted by Crippen LogP contribution is 2.38. The monoisotopic (exact) mass is 291 g/mol. The topological polar surface area (TPSA) is 47.6 Å². The molecule has 0 saturated carbocycles. The molecular formula is C17H25NO3. The number of benzene rings is 1. The van der Waals surface area contributed by atoms with Gasteiger partial charge in [0.15, 0.2) is 0 Å². The molecule has 1 saturated heterocycles. The molecule has 0 aromatic heterocycles. The van der Waals surface area contributed by atoms with E-state index in [2.05, 4.69) is 19.2 Å². The van der Waals surface area contributed by atoms with Gasteiger partial charge in [0, 0.05) is 18.5 Å². The number of carbonyl (C=O) groups excluding carboxylic acids is 1. The first-order chi connectivity index (χ1) is 9.95. The van der Waals surface area contributed by atoms with Gasteiger partial charge in [-0.25, -0.2) is 4.79 Å². The van der Waals surface area contributed by atoms with Crippen LogP contribution in [0.1, 0.15) is 38.7 Å². The summed E-state index contributed by atoms with van der Waals surface area (Å²) < 4.78 is 11.0. The number of para-hydroxylation sites is 1. The lowest BCUT2D eigenvalue weighted by Crippen LogP contribution is -2.57. The molecule has 4 heteroatoms.